The minimum atomic E-state index is -4.35. The summed E-state index contributed by atoms with van der Waals surface area (Å²) in [7, 11) is 0. The molecule has 0 radical (unpaired) electrons. The normalized spacial score (nSPS) is 17.8. The third-order valence-corrected chi connectivity index (χ3v) is 3.12. The molecule has 0 N–H and O–H groups in total. The van der Waals surface area contributed by atoms with E-state index < -0.39 is 17.8 Å². The van der Waals surface area contributed by atoms with Crippen LogP contribution in [0.1, 0.15) is 23.7 Å². The van der Waals surface area contributed by atoms with Crippen molar-refractivity contribution in [2.24, 2.45) is 5.16 Å². The predicted molar refractivity (Wildman–Crippen MR) is 72.2 cm³/mol. The highest BCUT2D eigenvalue weighted by Crippen LogP contribution is 2.32. The van der Waals surface area contributed by atoms with Crippen LogP contribution in [0.4, 0.5) is 13.2 Å². The maximum Gasteiger partial charge on any atom is 0.416 e. The minimum Gasteiger partial charge on any atom is -0.438 e. The second kappa shape index (κ2) is 5.67. The molecule has 2 aromatic rings. The maximum absolute atomic E-state index is 12.5. The van der Waals surface area contributed by atoms with Crippen LogP contribution in [-0.2, 0) is 11.0 Å². The number of rotatable bonds is 2. The molecule has 22 heavy (non-hydrogen) atoms. The van der Waals surface area contributed by atoms with Gasteiger partial charge in [-0.2, -0.15) is 13.2 Å². The molecule has 0 spiro atoms. The molecule has 0 bridgehead atoms. The molecule has 0 amide bonds. The lowest BCUT2D eigenvalue weighted by Crippen LogP contribution is -2.08. The van der Waals surface area contributed by atoms with Gasteiger partial charge in [0.05, 0.1) is 18.2 Å². The van der Waals surface area contributed by atoms with Crippen LogP contribution in [0, 0.1) is 0 Å². The molecule has 1 atom stereocenters. The van der Waals surface area contributed by atoms with Gasteiger partial charge in [-0.3, -0.25) is 4.98 Å². The Labute approximate surface area is 124 Å². The second-order valence-electron chi connectivity index (χ2n) is 4.69. The summed E-state index contributed by atoms with van der Waals surface area (Å²) in [6, 6.07) is 8.27. The van der Waals surface area contributed by atoms with E-state index >= 15 is 0 Å². The van der Waals surface area contributed by atoms with E-state index in [9.17, 15) is 13.2 Å². The number of alkyl halides is 3. The van der Waals surface area contributed by atoms with Crippen molar-refractivity contribution in [3.8, 4) is 5.75 Å². The van der Waals surface area contributed by atoms with E-state index in [2.05, 4.69) is 10.1 Å². The lowest BCUT2D eigenvalue weighted by molar-refractivity contribution is -0.137. The molecule has 114 valence electrons. The molecule has 0 unspecified atom stereocenters. The van der Waals surface area contributed by atoms with Gasteiger partial charge in [0.1, 0.15) is 5.75 Å². The zero-order chi connectivity index (χ0) is 15.6. The average Bonchev–Trinajstić information content (AvgIpc) is 2.96. The van der Waals surface area contributed by atoms with Gasteiger partial charge in [0, 0.05) is 6.20 Å². The van der Waals surface area contributed by atoms with E-state index in [1.165, 1.54) is 18.3 Å². The highest BCUT2D eigenvalue weighted by atomic mass is 19.4. The smallest absolute Gasteiger partial charge is 0.416 e. The molecule has 3 rings (SSSR count). The van der Waals surface area contributed by atoms with Crippen LogP contribution in [0.2, 0.25) is 0 Å². The Balaban J connectivity index is 1.64. The van der Waals surface area contributed by atoms with Crippen LogP contribution in [0.3, 0.4) is 0 Å². The third-order valence-electron chi connectivity index (χ3n) is 3.12. The van der Waals surface area contributed by atoms with E-state index in [4.69, 9.17) is 9.57 Å². The van der Waals surface area contributed by atoms with Gasteiger partial charge in [-0.25, -0.2) is 0 Å². The van der Waals surface area contributed by atoms with Gasteiger partial charge in [-0.05, 0) is 29.8 Å². The van der Waals surface area contributed by atoms with E-state index in [-0.39, 0.29) is 0 Å². The number of benzene rings is 1. The molecular formula is C15H11F3N2O2. The van der Waals surface area contributed by atoms with Crippen molar-refractivity contribution in [1.82, 2.24) is 4.98 Å². The summed E-state index contributed by atoms with van der Waals surface area (Å²) < 4.78 is 43.1. The number of hydrogen-bond donors (Lipinski definition) is 0. The first-order valence-electron chi connectivity index (χ1n) is 6.50. The fourth-order valence-corrected chi connectivity index (χ4v) is 2.02. The molecule has 0 aliphatic carbocycles. The summed E-state index contributed by atoms with van der Waals surface area (Å²) in [5.41, 5.74) is -0.0801. The molecule has 4 nitrogen and oxygen atoms in total. The highest BCUT2D eigenvalue weighted by Gasteiger charge is 2.31. The molecule has 0 saturated carbocycles. The molecular weight excluding hydrogens is 297 g/mol. The lowest BCUT2D eigenvalue weighted by atomic mass is 10.0. The summed E-state index contributed by atoms with van der Waals surface area (Å²) in [5.74, 6) is 0.885. The molecule has 1 aliphatic rings. The Kier molecular flexibility index (Phi) is 3.70. The molecule has 1 aliphatic heterocycles. The Morgan fingerprint density at radius 3 is 2.55 bits per heavy atom. The largest absolute Gasteiger partial charge is 0.438 e. The van der Waals surface area contributed by atoms with Gasteiger partial charge in [0.25, 0.3) is 0 Å². The van der Waals surface area contributed by atoms with Crippen molar-refractivity contribution in [1.29, 1.82) is 0 Å². The van der Waals surface area contributed by atoms with E-state index in [1.54, 1.807) is 18.3 Å². The minimum absolute atomic E-state index is 0.347. The van der Waals surface area contributed by atoms with Crippen molar-refractivity contribution >= 4 is 5.90 Å². The van der Waals surface area contributed by atoms with Crippen LogP contribution < -0.4 is 4.74 Å². The lowest BCUT2D eigenvalue weighted by Gasteiger charge is -2.10. The topological polar surface area (TPSA) is 43.7 Å². The summed E-state index contributed by atoms with van der Waals surface area (Å²) in [6.07, 6.45) is -1.30. The standard InChI is InChI=1S/C15H11F3N2O2/c16-15(17,18)11-5-3-10(4-6-11)13-8-14(20-22-13)21-12-2-1-7-19-9-12/h1-7,9,13H,8H2/t13-/m0/s1. The van der Waals surface area contributed by atoms with Crippen molar-refractivity contribution in [2.75, 3.05) is 0 Å². The van der Waals surface area contributed by atoms with Gasteiger partial charge in [-0.15, -0.1) is 0 Å². The molecule has 0 fully saturated rings. The van der Waals surface area contributed by atoms with Gasteiger partial charge in [0.15, 0.2) is 6.10 Å². The van der Waals surface area contributed by atoms with Crippen molar-refractivity contribution in [2.45, 2.75) is 18.7 Å². The number of oxime groups is 1. The van der Waals surface area contributed by atoms with Gasteiger partial charge >= 0.3 is 6.18 Å². The Morgan fingerprint density at radius 1 is 1.14 bits per heavy atom. The summed E-state index contributed by atoms with van der Waals surface area (Å²) in [6.45, 7) is 0. The first-order valence-corrected chi connectivity index (χ1v) is 6.50. The molecule has 7 heteroatoms. The number of aromatic nitrogens is 1. The van der Waals surface area contributed by atoms with Gasteiger partial charge in [-0.1, -0.05) is 17.3 Å². The van der Waals surface area contributed by atoms with Crippen LogP contribution in [0.25, 0.3) is 0 Å². The van der Waals surface area contributed by atoms with E-state index in [1.807, 2.05) is 0 Å². The highest BCUT2D eigenvalue weighted by molar-refractivity contribution is 5.79. The van der Waals surface area contributed by atoms with Crippen molar-refractivity contribution in [3.63, 3.8) is 0 Å². The summed E-state index contributed by atoms with van der Waals surface area (Å²) in [4.78, 5) is 9.12. The van der Waals surface area contributed by atoms with Crippen LogP contribution >= 0.6 is 0 Å². The first kappa shape index (κ1) is 14.4. The van der Waals surface area contributed by atoms with Crippen LogP contribution in [-0.4, -0.2) is 10.9 Å². The number of nitrogens with zero attached hydrogens (tertiary/aromatic N) is 2. The fourth-order valence-electron chi connectivity index (χ4n) is 2.02. The van der Waals surface area contributed by atoms with Crippen molar-refractivity contribution in [3.05, 3.63) is 59.9 Å². The van der Waals surface area contributed by atoms with Gasteiger partial charge < -0.3 is 9.57 Å². The molecule has 2 heterocycles. The number of hydrogen-bond acceptors (Lipinski definition) is 4. The summed E-state index contributed by atoms with van der Waals surface area (Å²) in [5, 5.41) is 3.80. The van der Waals surface area contributed by atoms with Crippen molar-refractivity contribution < 1.29 is 22.7 Å². The molecule has 0 saturated heterocycles. The fraction of sp³-hybridized carbons (Fsp3) is 0.200. The van der Waals surface area contributed by atoms with Crippen LogP contribution in [0.15, 0.2) is 53.9 Å². The number of ether oxygens (including phenoxy) is 1. The second-order valence-corrected chi connectivity index (χ2v) is 4.69. The van der Waals surface area contributed by atoms with E-state index in [0.717, 1.165) is 12.1 Å². The Morgan fingerprint density at radius 2 is 1.91 bits per heavy atom. The van der Waals surface area contributed by atoms with E-state index in [0.29, 0.717) is 23.6 Å². The summed E-state index contributed by atoms with van der Waals surface area (Å²) >= 11 is 0. The Bertz CT molecular complexity index is 669. The van der Waals surface area contributed by atoms with Gasteiger partial charge in [0.2, 0.25) is 5.90 Å². The number of pyridine rings is 1. The third kappa shape index (κ3) is 3.19. The number of halogens is 3. The maximum atomic E-state index is 12.5. The molecule has 1 aromatic carbocycles. The zero-order valence-electron chi connectivity index (χ0n) is 11.2. The predicted octanol–water partition coefficient (Wildman–Crippen LogP) is 3.95. The van der Waals surface area contributed by atoms with Crippen LogP contribution in [0.5, 0.6) is 5.75 Å². The average molecular weight is 308 g/mol. The monoisotopic (exact) mass is 308 g/mol. The quantitative estimate of drug-likeness (QED) is 0.843. The SMILES string of the molecule is FC(F)(F)c1ccc([C@@H]2CC(Oc3cccnc3)=NO2)cc1. The zero-order valence-corrected chi connectivity index (χ0v) is 11.2. The molecule has 1 aromatic heterocycles. The Hall–Kier alpha value is -2.57. The first-order chi connectivity index (χ1) is 10.5.